The minimum absolute atomic E-state index is 0.00425. The molecule has 5 aliphatic rings. The van der Waals surface area contributed by atoms with E-state index in [9.17, 15) is 19.1 Å². The van der Waals surface area contributed by atoms with E-state index in [4.69, 9.17) is 14.5 Å². The second kappa shape index (κ2) is 14.0. The number of halogens is 1. The first-order chi connectivity index (χ1) is 24.1. The second-order valence-electron chi connectivity index (χ2n) is 15.4. The molecule has 1 unspecified atom stereocenters. The number of anilines is 1. The van der Waals surface area contributed by atoms with Gasteiger partial charge >= 0.3 is 6.09 Å². The van der Waals surface area contributed by atoms with E-state index in [1.165, 1.54) is 18.4 Å². The number of likely N-dealkylation sites (tertiary alicyclic amines) is 1. The molecular weight excluding hydrogens is 637 g/mol. The Morgan fingerprint density at radius 2 is 1.78 bits per heavy atom. The molecule has 3 aromatic rings. The predicted molar refractivity (Wildman–Crippen MR) is 188 cm³/mol. The highest BCUT2D eigenvalue weighted by molar-refractivity contribution is 5.95. The highest BCUT2D eigenvalue weighted by Crippen LogP contribution is 2.58. The maximum Gasteiger partial charge on any atom is 0.410 e. The third kappa shape index (κ3) is 6.73. The number of aliphatic hydroxyl groups excluding tert-OH is 1. The molecule has 8 rings (SSSR count). The van der Waals surface area contributed by atoms with Gasteiger partial charge in [0, 0.05) is 30.4 Å². The van der Waals surface area contributed by atoms with Gasteiger partial charge in [-0.05, 0) is 111 Å². The Morgan fingerprint density at radius 3 is 2.44 bits per heavy atom. The lowest BCUT2D eigenvalue weighted by Crippen LogP contribution is -2.53. The van der Waals surface area contributed by atoms with E-state index in [2.05, 4.69) is 11.2 Å². The monoisotopic (exact) mass is 687 g/mol. The van der Waals surface area contributed by atoms with Gasteiger partial charge in [-0.2, -0.15) is 5.10 Å². The molecule has 1 atom stereocenters. The largest absolute Gasteiger partial charge is 0.493 e. The van der Waals surface area contributed by atoms with Crippen molar-refractivity contribution in [3.05, 3.63) is 59.8 Å². The molecule has 2 amide bonds. The molecule has 5 fully saturated rings. The van der Waals surface area contributed by atoms with Gasteiger partial charge in [0.15, 0.2) is 11.6 Å². The van der Waals surface area contributed by atoms with Crippen LogP contribution in [0.5, 0.6) is 5.75 Å². The highest BCUT2D eigenvalue weighted by Gasteiger charge is 2.51. The van der Waals surface area contributed by atoms with Crippen LogP contribution >= 0.6 is 0 Å². The topological polar surface area (TPSA) is 110 Å². The van der Waals surface area contributed by atoms with E-state index >= 15 is 0 Å². The zero-order valence-corrected chi connectivity index (χ0v) is 29.6. The minimum atomic E-state index is -0.473. The van der Waals surface area contributed by atoms with Crippen molar-refractivity contribution in [1.29, 1.82) is 0 Å². The van der Waals surface area contributed by atoms with Crippen LogP contribution in [0.25, 0.3) is 11.1 Å². The number of aromatic nitrogens is 3. The number of aliphatic hydroxyl groups is 1. The van der Waals surface area contributed by atoms with Crippen molar-refractivity contribution in [2.45, 2.75) is 102 Å². The number of amides is 2. The Hall–Kier alpha value is -3.99. The number of rotatable bonds is 10. The molecule has 1 saturated heterocycles. The van der Waals surface area contributed by atoms with Crippen molar-refractivity contribution in [1.82, 2.24) is 19.7 Å². The van der Waals surface area contributed by atoms with Crippen molar-refractivity contribution in [2.75, 3.05) is 38.3 Å². The Bertz CT molecular complexity index is 1670. The van der Waals surface area contributed by atoms with Crippen molar-refractivity contribution < 1.29 is 28.6 Å². The predicted octanol–water partition coefficient (Wildman–Crippen LogP) is 6.98. The number of carbonyl (C=O) groups excluding carboxylic acids is 2. The number of aryl methyl sites for hydroxylation is 1. The molecule has 2 bridgehead atoms. The molecule has 4 aliphatic carbocycles. The molecular formula is C39H50FN5O5. The van der Waals surface area contributed by atoms with Gasteiger partial charge in [-0.25, -0.2) is 14.2 Å². The lowest BCUT2D eigenvalue weighted by molar-refractivity contribution is -0.124. The molecule has 3 heterocycles. The van der Waals surface area contributed by atoms with Crippen LogP contribution in [0.15, 0.2) is 42.9 Å². The van der Waals surface area contributed by atoms with Gasteiger partial charge in [0.25, 0.3) is 0 Å². The highest BCUT2D eigenvalue weighted by atomic mass is 19.1. The number of ether oxygens (including phenoxy) is 2. The van der Waals surface area contributed by atoms with E-state index in [0.29, 0.717) is 31.2 Å². The average molecular weight is 688 g/mol. The van der Waals surface area contributed by atoms with Crippen LogP contribution in [0.3, 0.4) is 0 Å². The van der Waals surface area contributed by atoms with Crippen molar-refractivity contribution in [3.8, 4) is 16.9 Å². The van der Waals surface area contributed by atoms with Gasteiger partial charge in [0.2, 0.25) is 5.91 Å². The fraction of sp³-hybridized carbons (Fsp3) is 0.590. The van der Waals surface area contributed by atoms with E-state index in [0.717, 1.165) is 86.5 Å². The summed E-state index contributed by atoms with van der Waals surface area (Å²) < 4.78 is 27.5. The van der Waals surface area contributed by atoms with E-state index in [-0.39, 0.29) is 41.1 Å². The first-order valence-electron chi connectivity index (χ1n) is 18.4. The number of pyridine rings is 1. The van der Waals surface area contributed by atoms with E-state index in [1.54, 1.807) is 23.1 Å². The van der Waals surface area contributed by atoms with E-state index < -0.39 is 12.2 Å². The number of fused-ring (bicyclic) bond motifs is 3. The fourth-order valence-corrected chi connectivity index (χ4v) is 8.84. The first-order valence-corrected chi connectivity index (χ1v) is 18.4. The minimum Gasteiger partial charge on any atom is -0.493 e. The SMILES string of the molecule is COc1c(C)cc(C23CCC(CN(C(=O)C4CCCCC4)c4cc(-c5cnn(C(C)COC(=O)N6CC(O)C6)c5)ccn4)(CC2)CC3)cc1F. The summed E-state index contributed by atoms with van der Waals surface area (Å²) in [6.07, 6.45) is 15.7. The lowest BCUT2D eigenvalue weighted by Gasteiger charge is -2.55. The maximum absolute atomic E-state index is 15.0. The number of carbonyl (C=O) groups is 2. The molecule has 1 aliphatic heterocycles. The first kappa shape index (κ1) is 34.5. The van der Waals surface area contributed by atoms with Gasteiger partial charge < -0.3 is 19.5 Å². The van der Waals surface area contributed by atoms with Crippen LogP contribution in [0.1, 0.15) is 94.7 Å². The standard InChI is InChI=1S/C39H50FN5O5/c1-26-17-31(19-33(40)35(26)49-3)39-13-10-38(11-14-39,12-15-39)25-44(36(47)28-7-5-4-6-8-28)34-18-29(9-16-41-34)30-20-42-45(21-30)27(2)24-50-37(48)43-22-32(46)23-43/h9,16-21,27-28,32,46H,4-8,10-15,22-25H2,1-3H3. The molecule has 11 heteroatoms. The number of β-amino-alcohol motifs (C(OH)–C–C–N with tert-alkyl or cyclic N) is 1. The van der Waals surface area contributed by atoms with Gasteiger partial charge in [-0.15, -0.1) is 0 Å². The van der Waals surface area contributed by atoms with Gasteiger partial charge in [-0.3, -0.25) is 14.4 Å². The fourth-order valence-electron chi connectivity index (χ4n) is 8.84. The summed E-state index contributed by atoms with van der Waals surface area (Å²) in [5.41, 5.74) is 3.68. The number of benzene rings is 1. The average Bonchev–Trinajstić information content (AvgIpc) is 3.63. The third-order valence-electron chi connectivity index (χ3n) is 12.1. The van der Waals surface area contributed by atoms with Crippen LogP contribution in [-0.4, -0.2) is 76.2 Å². The van der Waals surface area contributed by atoms with Crippen LogP contribution in [0.4, 0.5) is 15.0 Å². The number of methoxy groups -OCH3 is 1. The van der Waals surface area contributed by atoms with Crippen LogP contribution in [0, 0.1) is 24.1 Å². The molecule has 0 spiro atoms. The molecule has 0 radical (unpaired) electrons. The van der Waals surface area contributed by atoms with Gasteiger partial charge in [0.05, 0.1) is 38.5 Å². The molecule has 50 heavy (non-hydrogen) atoms. The Kier molecular flexibility index (Phi) is 9.62. The molecule has 10 nitrogen and oxygen atoms in total. The van der Waals surface area contributed by atoms with Gasteiger partial charge in [-0.1, -0.05) is 25.3 Å². The second-order valence-corrected chi connectivity index (χ2v) is 15.4. The smallest absolute Gasteiger partial charge is 0.410 e. The molecule has 268 valence electrons. The van der Waals surface area contributed by atoms with Crippen molar-refractivity contribution in [2.24, 2.45) is 11.3 Å². The van der Waals surface area contributed by atoms with Gasteiger partial charge in [0.1, 0.15) is 12.4 Å². The normalized spacial score (nSPS) is 24.5. The number of nitrogens with zero attached hydrogens (tertiary/aromatic N) is 5. The Morgan fingerprint density at radius 1 is 1.06 bits per heavy atom. The lowest BCUT2D eigenvalue weighted by atomic mass is 9.51. The van der Waals surface area contributed by atoms with Crippen LogP contribution in [-0.2, 0) is 14.9 Å². The van der Waals surface area contributed by atoms with E-state index in [1.807, 2.05) is 37.1 Å². The molecule has 1 N–H and O–H groups in total. The van der Waals surface area contributed by atoms with Crippen molar-refractivity contribution in [3.63, 3.8) is 0 Å². The maximum atomic E-state index is 15.0. The third-order valence-corrected chi connectivity index (χ3v) is 12.1. The Balaban J connectivity index is 1.08. The summed E-state index contributed by atoms with van der Waals surface area (Å²) in [7, 11) is 1.52. The summed E-state index contributed by atoms with van der Waals surface area (Å²) in [6, 6.07) is 7.57. The molecule has 1 aromatic carbocycles. The zero-order valence-electron chi connectivity index (χ0n) is 29.6. The summed E-state index contributed by atoms with van der Waals surface area (Å²) in [5.74, 6) is 0.897. The van der Waals surface area contributed by atoms with Crippen molar-refractivity contribution >= 4 is 17.8 Å². The summed E-state index contributed by atoms with van der Waals surface area (Å²) in [4.78, 5) is 34.9. The Labute approximate surface area is 294 Å². The zero-order chi connectivity index (χ0) is 35.0. The quantitative estimate of drug-likeness (QED) is 0.245. The number of hydrogen-bond acceptors (Lipinski definition) is 7. The molecule has 4 saturated carbocycles. The van der Waals surface area contributed by atoms with Crippen LogP contribution < -0.4 is 9.64 Å². The summed E-state index contributed by atoms with van der Waals surface area (Å²) in [5, 5.41) is 14.0. The summed E-state index contributed by atoms with van der Waals surface area (Å²) >= 11 is 0. The molecule has 2 aromatic heterocycles. The number of hydrogen-bond donors (Lipinski definition) is 1. The van der Waals surface area contributed by atoms with Crippen LogP contribution in [0.2, 0.25) is 0 Å². The summed E-state index contributed by atoms with van der Waals surface area (Å²) in [6.45, 7) is 5.26.